The summed E-state index contributed by atoms with van der Waals surface area (Å²) in [4.78, 5) is 11.0. The van der Waals surface area contributed by atoms with Crippen LogP contribution in [0.3, 0.4) is 0 Å². The number of allylic oxidation sites excluding steroid dienone is 2. The molecule has 0 spiro atoms. The maximum absolute atomic E-state index is 11.0. The second kappa shape index (κ2) is 4.51. The molecular formula is C13H20N2O2. The minimum Gasteiger partial charge on any atom is -0.449 e. The van der Waals surface area contributed by atoms with E-state index < -0.39 is 6.09 Å². The smallest absolute Gasteiger partial charge is 0.427 e. The Bertz CT molecular complexity index is 372. The molecular weight excluding hydrogens is 216 g/mol. The summed E-state index contributed by atoms with van der Waals surface area (Å²) in [7, 11) is 0. The van der Waals surface area contributed by atoms with Gasteiger partial charge in [-0.05, 0) is 42.6 Å². The fourth-order valence-corrected chi connectivity index (χ4v) is 2.87. The topological polar surface area (TPSA) is 50.7 Å². The van der Waals surface area contributed by atoms with Crippen LogP contribution in [0, 0.1) is 17.3 Å². The Kier molecular flexibility index (Phi) is 3.22. The number of hydrogen-bond donors (Lipinski definition) is 1. The van der Waals surface area contributed by atoms with E-state index in [1.807, 2.05) is 0 Å². The molecule has 3 aliphatic carbocycles. The van der Waals surface area contributed by atoms with Crippen molar-refractivity contribution in [2.24, 2.45) is 22.4 Å². The SMILES string of the molecule is CCOC(=O)N/N=C\C1=CC[C@H]2C[C@@H]1C2(C)C. The number of carbonyl (C=O) groups excluding carboxylic acids is 1. The fraction of sp³-hybridized carbons (Fsp3) is 0.692. The van der Waals surface area contributed by atoms with Crippen LogP contribution in [0.15, 0.2) is 16.8 Å². The molecule has 3 rings (SSSR count). The largest absolute Gasteiger partial charge is 0.449 e. The van der Waals surface area contributed by atoms with Crippen LogP contribution >= 0.6 is 0 Å². The molecule has 0 saturated heterocycles. The van der Waals surface area contributed by atoms with Crippen LogP contribution in [0.1, 0.15) is 33.6 Å². The Labute approximate surface area is 102 Å². The van der Waals surface area contributed by atoms with Gasteiger partial charge in [-0.2, -0.15) is 5.10 Å². The quantitative estimate of drug-likeness (QED) is 0.605. The van der Waals surface area contributed by atoms with E-state index in [1.165, 1.54) is 12.0 Å². The van der Waals surface area contributed by atoms with Gasteiger partial charge in [0.15, 0.2) is 0 Å². The van der Waals surface area contributed by atoms with E-state index in [0.717, 1.165) is 12.3 Å². The number of carbonyl (C=O) groups is 1. The number of amides is 1. The monoisotopic (exact) mass is 236 g/mol. The lowest BCUT2D eigenvalue weighted by atomic mass is 9.49. The summed E-state index contributed by atoms with van der Waals surface area (Å²) in [5.74, 6) is 1.41. The molecule has 1 N–H and O–H groups in total. The number of hydrazone groups is 1. The summed E-state index contributed by atoms with van der Waals surface area (Å²) >= 11 is 0. The van der Waals surface area contributed by atoms with Crippen molar-refractivity contribution in [1.29, 1.82) is 0 Å². The van der Waals surface area contributed by atoms with E-state index in [4.69, 9.17) is 4.74 Å². The molecule has 0 aromatic carbocycles. The van der Waals surface area contributed by atoms with Crippen LogP contribution < -0.4 is 5.43 Å². The maximum Gasteiger partial charge on any atom is 0.427 e. The van der Waals surface area contributed by atoms with Gasteiger partial charge in [-0.1, -0.05) is 19.9 Å². The lowest BCUT2D eigenvalue weighted by Crippen LogP contribution is -2.48. The fourth-order valence-electron chi connectivity index (χ4n) is 2.87. The highest BCUT2D eigenvalue weighted by molar-refractivity contribution is 5.81. The summed E-state index contributed by atoms with van der Waals surface area (Å²) < 4.78 is 4.73. The number of nitrogens with zero attached hydrogens (tertiary/aromatic N) is 1. The van der Waals surface area contributed by atoms with Gasteiger partial charge in [0.25, 0.3) is 0 Å². The molecule has 4 nitrogen and oxygen atoms in total. The molecule has 1 amide bonds. The van der Waals surface area contributed by atoms with Gasteiger partial charge in [0.2, 0.25) is 0 Å². The second-order valence-electron chi connectivity index (χ2n) is 5.34. The highest BCUT2D eigenvalue weighted by Crippen LogP contribution is 2.58. The summed E-state index contributed by atoms with van der Waals surface area (Å²) in [6.07, 6.45) is 5.89. The first-order valence-corrected chi connectivity index (χ1v) is 6.21. The third-order valence-electron chi connectivity index (χ3n) is 4.16. The minimum atomic E-state index is -0.495. The number of ether oxygens (including phenoxy) is 1. The standard InChI is InChI=1S/C13H20N2O2/c1-4-17-12(16)15-14-8-9-5-6-10-7-11(9)13(10,2)3/h5,8,10-11H,4,6-7H2,1-3H3,(H,15,16)/b14-8-/t10-,11-/m0/s1. The van der Waals surface area contributed by atoms with E-state index in [0.29, 0.717) is 17.9 Å². The van der Waals surface area contributed by atoms with E-state index in [9.17, 15) is 4.79 Å². The van der Waals surface area contributed by atoms with Crippen molar-refractivity contribution >= 4 is 12.3 Å². The number of fused-ring (bicyclic) bond motifs is 1. The van der Waals surface area contributed by atoms with Crippen molar-refractivity contribution in [3.63, 3.8) is 0 Å². The Balaban J connectivity index is 1.90. The molecule has 94 valence electrons. The van der Waals surface area contributed by atoms with Crippen LogP contribution in [0.4, 0.5) is 4.79 Å². The van der Waals surface area contributed by atoms with Crippen molar-refractivity contribution in [2.45, 2.75) is 33.6 Å². The first-order valence-electron chi connectivity index (χ1n) is 6.21. The van der Waals surface area contributed by atoms with Gasteiger partial charge in [0.1, 0.15) is 0 Å². The summed E-state index contributed by atoms with van der Waals surface area (Å²) in [5, 5.41) is 3.94. The Morgan fingerprint density at radius 2 is 2.47 bits per heavy atom. The first kappa shape index (κ1) is 12.1. The molecule has 1 fully saturated rings. The van der Waals surface area contributed by atoms with Crippen molar-refractivity contribution in [3.05, 3.63) is 11.6 Å². The van der Waals surface area contributed by atoms with Crippen LogP contribution in [-0.2, 0) is 4.74 Å². The number of hydrogen-bond acceptors (Lipinski definition) is 3. The summed E-state index contributed by atoms with van der Waals surface area (Å²) in [5.41, 5.74) is 4.00. The van der Waals surface area contributed by atoms with Crippen LogP contribution in [0.25, 0.3) is 0 Å². The molecule has 0 radical (unpaired) electrons. The highest BCUT2D eigenvalue weighted by atomic mass is 16.5. The Morgan fingerprint density at radius 3 is 3.06 bits per heavy atom. The van der Waals surface area contributed by atoms with Crippen molar-refractivity contribution in [3.8, 4) is 0 Å². The van der Waals surface area contributed by atoms with E-state index >= 15 is 0 Å². The van der Waals surface area contributed by atoms with Gasteiger partial charge in [0.05, 0.1) is 12.8 Å². The number of rotatable bonds is 3. The third-order valence-corrected chi connectivity index (χ3v) is 4.16. The predicted octanol–water partition coefficient (Wildman–Crippen LogP) is 2.71. The maximum atomic E-state index is 11.0. The normalized spacial score (nSPS) is 29.5. The molecule has 0 unspecified atom stereocenters. The molecule has 4 heteroatoms. The van der Waals surface area contributed by atoms with Gasteiger partial charge in [-0.15, -0.1) is 0 Å². The van der Waals surface area contributed by atoms with Gasteiger partial charge < -0.3 is 4.74 Å². The molecule has 1 saturated carbocycles. The molecule has 2 atom stereocenters. The molecule has 17 heavy (non-hydrogen) atoms. The lowest BCUT2D eigenvalue weighted by molar-refractivity contribution is -0.00126. The van der Waals surface area contributed by atoms with Gasteiger partial charge >= 0.3 is 6.09 Å². The highest BCUT2D eigenvalue weighted by Gasteiger charge is 2.50. The zero-order chi connectivity index (χ0) is 12.5. The Morgan fingerprint density at radius 1 is 1.71 bits per heavy atom. The van der Waals surface area contributed by atoms with Gasteiger partial charge in [0, 0.05) is 0 Å². The molecule has 0 aromatic heterocycles. The summed E-state index contributed by atoms with van der Waals surface area (Å²) in [6, 6.07) is 0. The third kappa shape index (κ3) is 2.21. The lowest BCUT2D eigenvalue weighted by Gasteiger charge is -2.55. The molecule has 3 aliphatic rings. The zero-order valence-corrected chi connectivity index (χ0v) is 10.7. The van der Waals surface area contributed by atoms with Gasteiger partial charge in [-0.3, -0.25) is 0 Å². The molecule has 0 heterocycles. The van der Waals surface area contributed by atoms with Crippen molar-refractivity contribution < 1.29 is 9.53 Å². The first-order chi connectivity index (χ1) is 8.05. The molecule has 2 bridgehead atoms. The molecule has 0 aliphatic heterocycles. The van der Waals surface area contributed by atoms with E-state index in [-0.39, 0.29) is 0 Å². The zero-order valence-electron chi connectivity index (χ0n) is 10.7. The van der Waals surface area contributed by atoms with Crippen LogP contribution in [0.2, 0.25) is 0 Å². The summed E-state index contributed by atoms with van der Waals surface area (Å²) in [6.45, 7) is 6.75. The predicted molar refractivity (Wildman–Crippen MR) is 66.7 cm³/mol. The van der Waals surface area contributed by atoms with Crippen molar-refractivity contribution in [1.82, 2.24) is 5.43 Å². The average Bonchev–Trinajstić information content (AvgIpc) is 2.29. The Hall–Kier alpha value is -1.32. The van der Waals surface area contributed by atoms with E-state index in [2.05, 4.69) is 30.5 Å². The molecule has 0 aromatic rings. The van der Waals surface area contributed by atoms with Gasteiger partial charge in [-0.25, -0.2) is 10.2 Å². The van der Waals surface area contributed by atoms with E-state index in [1.54, 1.807) is 13.1 Å². The number of nitrogens with one attached hydrogen (secondary N) is 1. The second-order valence-corrected chi connectivity index (χ2v) is 5.34. The van der Waals surface area contributed by atoms with Crippen LogP contribution in [0.5, 0.6) is 0 Å². The minimum absolute atomic E-state index is 0.362. The average molecular weight is 236 g/mol. The van der Waals surface area contributed by atoms with Crippen molar-refractivity contribution in [2.75, 3.05) is 6.61 Å². The van der Waals surface area contributed by atoms with Crippen LogP contribution in [-0.4, -0.2) is 18.9 Å².